The number of aryl methyl sites for hydroxylation is 1. The van der Waals surface area contributed by atoms with Crippen LogP contribution in [0.3, 0.4) is 0 Å². The lowest BCUT2D eigenvalue weighted by Gasteiger charge is -2.49. The molecule has 142 valence electrons. The first kappa shape index (κ1) is 18.2. The van der Waals surface area contributed by atoms with E-state index < -0.39 is 16.1 Å². The normalized spacial score (nSPS) is 25.6. The van der Waals surface area contributed by atoms with Crippen LogP contribution in [0.1, 0.15) is 36.4 Å². The quantitative estimate of drug-likeness (QED) is 0.808. The lowest BCUT2D eigenvalue weighted by molar-refractivity contribution is -0.133. The van der Waals surface area contributed by atoms with Crippen LogP contribution in [-0.2, 0) is 14.8 Å². The average Bonchev–Trinajstić information content (AvgIpc) is 2.68. The highest BCUT2D eigenvalue weighted by molar-refractivity contribution is 7.89. The molecule has 2 aromatic carbocycles. The first-order valence-electron chi connectivity index (χ1n) is 9.18. The van der Waals surface area contributed by atoms with Crippen molar-refractivity contribution in [1.82, 2.24) is 4.31 Å². The number of ether oxygens (including phenoxy) is 1. The molecule has 1 aliphatic carbocycles. The fourth-order valence-corrected chi connectivity index (χ4v) is 6.20. The van der Waals surface area contributed by atoms with E-state index in [1.807, 2.05) is 43.3 Å². The molecule has 2 aliphatic heterocycles. The van der Waals surface area contributed by atoms with Crippen LogP contribution in [0.25, 0.3) is 0 Å². The number of methoxy groups -OCH3 is 1. The van der Waals surface area contributed by atoms with Gasteiger partial charge >= 0.3 is 0 Å². The molecule has 0 radical (unpaired) electrons. The molecule has 1 saturated carbocycles. The SMILES string of the molecule is COc1ccc([C@H]2[C@H]3CC[C@H](CC3=O)N2S(=O)(=O)c2ccc(C)cc2)cc1. The first-order chi connectivity index (χ1) is 12.9. The Labute approximate surface area is 160 Å². The van der Waals surface area contributed by atoms with Crippen LogP contribution in [-0.4, -0.2) is 31.7 Å². The van der Waals surface area contributed by atoms with Gasteiger partial charge in [0.05, 0.1) is 18.0 Å². The minimum atomic E-state index is -3.70. The van der Waals surface area contributed by atoms with Gasteiger partial charge in [0.2, 0.25) is 10.0 Å². The Morgan fingerprint density at radius 1 is 1.00 bits per heavy atom. The Morgan fingerprint density at radius 3 is 2.26 bits per heavy atom. The van der Waals surface area contributed by atoms with E-state index in [0.717, 1.165) is 24.0 Å². The number of nitrogens with zero attached hydrogens (tertiary/aromatic N) is 1. The summed E-state index contributed by atoms with van der Waals surface area (Å²) in [6.07, 6.45) is 1.77. The zero-order valence-corrected chi connectivity index (χ0v) is 16.3. The smallest absolute Gasteiger partial charge is 0.243 e. The predicted molar refractivity (Wildman–Crippen MR) is 102 cm³/mol. The summed E-state index contributed by atoms with van der Waals surface area (Å²) in [5, 5.41) is 0. The molecule has 3 fully saturated rings. The number of hydrogen-bond acceptors (Lipinski definition) is 4. The van der Waals surface area contributed by atoms with E-state index in [1.54, 1.807) is 23.5 Å². The van der Waals surface area contributed by atoms with Crippen molar-refractivity contribution in [1.29, 1.82) is 0 Å². The number of carbonyl (C=O) groups excluding carboxylic acids is 1. The average molecular weight is 385 g/mol. The van der Waals surface area contributed by atoms with Gasteiger partial charge in [0, 0.05) is 18.4 Å². The molecule has 2 saturated heterocycles. The van der Waals surface area contributed by atoms with Crippen LogP contribution in [0.4, 0.5) is 0 Å². The van der Waals surface area contributed by atoms with Crippen molar-refractivity contribution in [3.8, 4) is 5.75 Å². The highest BCUT2D eigenvalue weighted by Crippen LogP contribution is 2.48. The monoisotopic (exact) mass is 385 g/mol. The number of fused-ring (bicyclic) bond motifs is 3. The molecule has 2 heterocycles. The maximum absolute atomic E-state index is 13.5. The van der Waals surface area contributed by atoms with Crippen LogP contribution in [0.5, 0.6) is 5.75 Å². The highest BCUT2D eigenvalue weighted by Gasteiger charge is 2.52. The number of hydrogen-bond donors (Lipinski definition) is 0. The largest absolute Gasteiger partial charge is 0.497 e. The first-order valence-corrected chi connectivity index (χ1v) is 10.6. The number of carbonyl (C=O) groups is 1. The van der Waals surface area contributed by atoms with Crippen molar-refractivity contribution in [2.45, 2.75) is 43.2 Å². The number of benzene rings is 2. The number of Topliss-reactive ketones (excluding diaryl/α,β-unsaturated/α-hetero) is 1. The molecule has 0 N–H and O–H groups in total. The molecule has 5 nitrogen and oxygen atoms in total. The molecular formula is C21H23NO4S. The zero-order valence-electron chi connectivity index (χ0n) is 15.5. The molecular weight excluding hydrogens is 362 g/mol. The van der Waals surface area contributed by atoms with E-state index in [1.165, 1.54) is 0 Å². The second-order valence-electron chi connectivity index (χ2n) is 7.37. The van der Waals surface area contributed by atoms with Crippen LogP contribution < -0.4 is 4.74 Å². The maximum Gasteiger partial charge on any atom is 0.243 e. The van der Waals surface area contributed by atoms with Gasteiger partial charge in [-0.3, -0.25) is 4.79 Å². The van der Waals surface area contributed by atoms with E-state index in [-0.39, 0.29) is 22.6 Å². The van der Waals surface area contributed by atoms with Crippen molar-refractivity contribution in [2.75, 3.05) is 7.11 Å². The molecule has 2 aromatic rings. The summed E-state index contributed by atoms with van der Waals surface area (Å²) in [5.41, 5.74) is 1.85. The Kier molecular flexibility index (Phi) is 4.56. The Bertz CT molecular complexity index is 951. The summed E-state index contributed by atoms with van der Waals surface area (Å²) in [4.78, 5) is 12.9. The minimum Gasteiger partial charge on any atom is -0.497 e. The van der Waals surface area contributed by atoms with E-state index in [2.05, 4.69) is 0 Å². The third kappa shape index (κ3) is 3.07. The van der Waals surface area contributed by atoms with Gasteiger partial charge in [-0.25, -0.2) is 8.42 Å². The standard InChI is InChI=1S/C21H23NO4S/c1-14-3-10-18(11-4-14)27(24,25)22-16-7-12-19(20(23)13-16)21(22)15-5-8-17(26-2)9-6-15/h3-6,8-11,16,19,21H,7,12-13H2,1-2H3/t16-,19+,21+/m1/s1. The molecule has 2 bridgehead atoms. The molecule has 6 heteroatoms. The highest BCUT2D eigenvalue weighted by atomic mass is 32.2. The van der Waals surface area contributed by atoms with Gasteiger partial charge in [-0.1, -0.05) is 29.8 Å². The van der Waals surface area contributed by atoms with Crippen molar-refractivity contribution >= 4 is 15.8 Å². The predicted octanol–water partition coefficient (Wildman–Crippen LogP) is 3.49. The van der Waals surface area contributed by atoms with Gasteiger partial charge in [0.15, 0.2) is 0 Å². The van der Waals surface area contributed by atoms with Crippen molar-refractivity contribution in [3.63, 3.8) is 0 Å². The number of rotatable bonds is 4. The van der Waals surface area contributed by atoms with Crippen LogP contribution in [0.15, 0.2) is 53.4 Å². The van der Waals surface area contributed by atoms with Crippen LogP contribution in [0.2, 0.25) is 0 Å². The molecule has 27 heavy (non-hydrogen) atoms. The number of piperidine rings is 2. The van der Waals surface area contributed by atoms with Gasteiger partial charge in [-0.2, -0.15) is 4.31 Å². The third-order valence-corrected chi connectivity index (χ3v) is 7.68. The maximum atomic E-state index is 13.5. The molecule has 3 aliphatic rings. The van der Waals surface area contributed by atoms with Gasteiger partial charge < -0.3 is 4.74 Å². The van der Waals surface area contributed by atoms with E-state index in [0.29, 0.717) is 12.2 Å². The fraction of sp³-hybridized carbons (Fsp3) is 0.381. The van der Waals surface area contributed by atoms with Crippen molar-refractivity contribution in [2.24, 2.45) is 5.92 Å². The molecule has 5 rings (SSSR count). The zero-order chi connectivity index (χ0) is 19.2. The van der Waals surface area contributed by atoms with Gasteiger partial charge in [-0.15, -0.1) is 0 Å². The number of sulfonamides is 1. The summed E-state index contributed by atoms with van der Waals surface area (Å²) >= 11 is 0. The summed E-state index contributed by atoms with van der Waals surface area (Å²) in [6.45, 7) is 1.93. The van der Waals surface area contributed by atoms with Crippen LogP contribution in [0, 0.1) is 12.8 Å². The summed E-state index contributed by atoms with van der Waals surface area (Å²) in [5.74, 6) is 0.588. The molecule has 0 amide bonds. The van der Waals surface area contributed by atoms with E-state index in [9.17, 15) is 13.2 Å². The second kappa shape index (κ2) is 6.77. The van der Waals surface area contributed by atoms with Crippen LogP contribution >= 0.6 is 0 Å². The third-order valence-electron chi connectivity index (χ3n) is 5.73. The topological polar surface area (TPSA) is 63.7 Å². The van der Waals surface area contributed by atoms with Crippen molar-refractivity contribution in [3.05, 3.63) is 59.7 Å². The minimum absolute atomic E-state index is 0.169. The summed E-state index contributed by atoms with van der Waals surface area (Å²) in [7, 11) is -2.10. The Morgan fingerprint density at radius 2 is 1.67 bits per heavy atom. The van der Waals surface area contributed by atoms with E-state index in [4.69, 9.17) is 4.74 Å². The summed E-state index contributed by atoms with van der Waals surface area (Å²) < 4.78 is 33.8. The Hall–Kier alpha value is -2.18. The lowest BCUT2D eigenvalue weighted by Crippen LogP contribution is -2.56. The molecule has 0 spiro atoms. The second-order valence-corrected chi connectivity index (χ2v) is 9.22. The van der Waals surface area contributed by atoms with Gasteiger partial charge in [-0.05, 0) is 49.6 Å². The fourth-order valence-electron chi connectivity index (χ4n) is 4.33. The molecule has 3 atom stereocenters. The van der Waals surface area contributed by atoms with E-state index >= 15 is 0 Å². The lowest BCUT2D eigenvalue weighted by atomic mass is 9.73. The molecule has 0 unspecified atom stereocenters. The Balaban J connectivity index is 1.80. The summed E-state index contributed by atoms with van der Waals surface area (Å²) in [6, 6.07) is 13.6. The van der Waals surface area contributed by atoms with Crippen molar-refractivity contribution < 1.29 is 17.9 Å². The van der Waals surface area contributed by atoms with Gasteiger partial charge in [0.25, 0.3) is 0 Å². The number of ketones is 1. The van der Waals surface area contributed by atoms with Gasteiger partial charge in [0.1, 0.15) is 11.5 Å². The molecule has 0 aromatic heterocycles.